The Labute approximate surface area is 133 Å². The van der Waals surface area contributed by atoms with E-state index in [0.29, 0.717) is 5.75 Å². The second kappa shape index (κ2) is 6.01. The van der Waals surface area contributed by atoms with Gasteiger partial charge in [-0.1, -0.05) is 18.2 Å². The van der Waals surface area contributed by atoms with Crippen LogP contribution in [0, 0.1) is 0 Å². The molecule has 23 heavy (non-hydrogen) atoms. The number of carbonyl (C=O) groups is 1. The summed E-state index contributed by atoms with van der Waals surface area (Å²) >= 11 is 0. The smallest absolute Gasteiger partial charge is 0.335 e. The Morgan fingerprint density at radius 2 is 1.48 bits per heavy atom. The van der Waals surface area contributed by atoms with Gasteiger partial charge in [0.2, 0.25) is 0 Å². The molecule has 1 N–H and O–H groups in total. The van der Waals surface area contributed by atoms with Crippen molar-refractivity contribution in [2.45, 2.75) is 0 Å². The van der Waals surface area contributed by atoms with Crippen LogP contribution in [-0.2, 0) is 0 Å². The highest BCUT2D eigenvalue weighted by Gasteiger charge is 2.09. The molecule has 4 heteroatoms. The van der Waals surface area contributed by atoms with Crippen molar-refractivity contribution in [1.29, 1.82) is 0 Å². The number of ether oxygens (including phenoxy) is 2. The van der Waals surface area contributed by atoms with Gasteiger partial charge >= 0.3 is 5.97 Å². The molecule has 0 fully saturated rings. The molecule has 0 atom stereocenters. The Balaban J connectivity index is 2.12. The largest absolute Gasteiger partial charge is 0.497 e. The third-order valence-electron chi connectivity index (χ3n) is 3.77. The zero-order valence-electron chi connectivity index (χ0n) is 12.9. The number of rotatable bonds is 4. The van der Waals surface area contributed by atoms with Gasteiger partial charge in [-0.2, -0.15) is 0 Å². The molecule has 0 saturated carbocycles. The highest BCUT2D eigenvalue weighted by Crippen LogP contribution is 2.30. The quantitative estimate of drug-likeness (QED) is 0.784. The molecule has 0 unspecified atom stereocenters. The first-order valence-electron chi connectivity index (χ1n) is 7.11. The number of fused-ring (bicyclic) bond motifs is 1. The van der Waals surface area contributed by atoms with E-state index in [1.807, 2.05) is 42.5 Å². The molecule has 0 amide bonds. The lowest BCUT2D eigenvalue weighted by Crippen LogP contribution is -1.97. The van der Waals surface area contributed by atoms with Crippen LogP contribution in [0.5, 0.6) is 11.5 Å². The Morgan fingerprint density at radius 1 is 0.783 bits per heavy atom. The van der Waals surface area contributed by atoms with E-state index in [0.717, 1.165) is 27.6 Å². The van der Waals surface area contributed by atoms with Gasteiger partial charge in [0.15, 0.2) is 0 Å². The lowest BCUT2D eigenvalue weighted by atomic mass is 9.99. The van der Waals surface area contributed by atoms with E-state index in [9.17, 15) is 9.90 Å². The molecule has 116 valence electrons. The van der Waals surface area contributed by atoms with Crippen molar-refractivity contribution < 1.29 is 19.4 Å². The first kappa shape index (κ1) is 14.9. The van der Waals surface area contributed by atoms with Gasteiger partial charge in [0.05, 0.1) is 19.8 Å². The molecule has 0 radical (unpaired) electrons. The summed E-state index contributed by atoms with van der Waals surface area (Å²) in [5.74, 6) is 0.352. The van der Waals surface area contributed by atoms with E-state index in [-0.39, 0.29) is 5.56 Å². The molecule has 0 aliphatic carbocycles. The summed E-state index contributed by atoms with van der Waals surface area (Å²) < 4.78 is 10.4. The minimum Gasteiger partial charge on any atom is -0.497 e. The number of carboxylic acids is 1. The molecule has 0 spiro atoms. The summed E-state index contributed by atoms with van der Waals surface area (Å²) in [7, 11) is 3.16. The second-order valence-corrected chi connectivity index (χ2v) is 5.18. The van der Waals surface area contributed by atoms with Crippen LogP contribution in [0.1, 0.15) is 10.4 Å². The Hall–Kier alpha value is -3.01. The van der Waals surface area contributed by atoms with E-state index >= 15 is 0 Å². The summed E-state index contributed by atoms with van der Waals surface area (Å²) in [4.78, 5) is 11.3. The maximum atomic E-state index is 11.3. The summed E-state index contributed by atoms with van der Waals surface area (Å²) in [5, 5.41) is 11.4. The predicted molar refractivity (Wildman–Crippen MR) is 89.4 cm³/mol. The lowest BCUT2D eigenvalue weighted by Gasteiger charge is -2.09. The van der Waals surface area contributed by atoms with Crippen LogP contribution in [0.3, 0.4) is 0 Å². The minimum atomic E-state index is -0.976. The number of aromatic carboxylic acids is 1. The van der Waals surface area contributed by atoms with Crippen molar-refractivity contribution in [2.75, 3.05) is 14.2 Å². The molecule has 4 nitrogen and oxygen atoms in total. The molecule has 0 aliphatic rings. The van der Waals surface area contributed by atoms with Crippen molar-refractivity contribution in [3.05, 3.63) is 60.2 Å². The summed E-state index contributed by atoms with van der Waals surface area (Å²) in [6.07, 6.45) is 0. The zero-order valence-corrected chi connectivity index (χ0v) is 12.9. The SMILES string of the molecule is COc1cc(C(=O)O)cc(-c2ccc3cc(OC)ccc3c2)c1. The van der Waals surface area contributed by atoms with Crippen molar-refractivity contribution >= 4 is 16.7 Å². The third-order valence-corrected chi connectivity index (χ3v) is 3.77. The average Bonchev–Trinajstić information content (AvgIpc) is 2.60. The minimum absolute atomic E-state index is 0.203. The number of carboxylic acid groups (broad SMARTS) is 1. The van der Waals surface area contributed by atoms with Crippen molar-refractivity contribution in [2.24, 2.45) is 0 Å². The van der Waals surface area contributed by atoms with Gasteiger partial charge in [-0.05, 0) is 58.3 Å². The first-order chi connectivity index (χ1) is 11.1. The van der Waals surface area contributed by atoms with Crippen LogP contribution in [0.4, 0.5) is 0 Å². The average molecular weight is 308 g/mol. The molecule has 3 aromatic carbocycles. The van der Waals surface area contributed by atoms with Crippen LogP contribution in [-0.4, -0.2) is 25.3 Å². The van der Waals surface area contributed by atoms with Crippen molar-refractivity contribution in [3.63, 3.8) is 0 Å². The molecular weight excluding hydrogens is 292 g/mol. The van der Waals surface area contributed by atoms with Crippen LogP contribution >= 0.6 is 0 Å². The van der Waals surface area contributed by atoms with E-state index in [4.69, 9.17) is 9.47 Å². The molecule has 0 heterocycles. The lowest BCUT2D eigenvalue weighted by molar-refractivity contribution is 0.0696. The maximum absolute atomic E-state index is 11.3. The summed E-state index contributed by atoms with van der Waals surface area (Å²) in [6.45, 7) is 0. The third kappa shape index (κ3) is 2.97. The van der Waals surface area contributed by atoms with Gasteiger partial charge in [-0.3, -0.25) is 0 Å². The zero-order chi connectivity index (χ0) is 16.4. The molecule has 0 saturated heterocycles. The molecule has 0 aliphatic heterocycles. The van der Waals surface area contributed by atoms with Crippen LogP contribution in [0.25, 0.3) is 21.9 Å². The van der Waals surface area contributed by atoms with Crippen LogP contribution in [0.15, 0.2) is 54.6 Å². The Kier molecular flexibility index (Phi) is 3.89. The van der Waals surface area contributed by atoms with Gasteiger partial charge in [-0.15, -0.1) is 0 Å². The van der Waals surface area contributed by atoms with E-state index < -0.39 is 5.97 Å². The molecule has 0 bridgehead atoms. The normalized spacial score (nSPS) is 10.5. The topological polar surface area (TPSA) is 55.8 Å². The molecular formula is C19H16O4. The fourth-order valence-corrected chi connectivity index (χ4v) is 2.54. The number of benzene rings is 3. The molecule has 0 aromatic heterocycles. The van der Waals surface area contributed by atoms with Crippen LogP contribution in [0.2, 0.25) is 0 Å². The Bertz CT molecular complexity index is 884. The predicted octanol–water partition coefficient (Wildman–Crippen LogP) is 4.22. The highest BCUT2D eigenvalue weighted by molar-refractivity contribution is 5.92. The fraction of sp³-hybridized carbons (Fsp3) is 0.105. The standard InChI is InChI=1S/C19H16O4/c1-22-17-6-5-12-7-13(3-4-14(12)9-17)15-8-16(19(20)21)11-18(10-15)23-2/h3-11H,1-2H3,(H,20,21). The van der Waals surface area contributed by atoms with E-state index in [1.165, 1.54) is 13.2 Å². The van der Waals surface area contributed by atoms with Gasteiger partial charge in [0, 0.05) is 0 Å². The number of hydrogen-bond acceptors (Lipinski definition) is 3. The van der Waals surface area contributed by atoms with Crippen molar-refractivity contribution in [1.82, 2.24) is 0 Å². The van der Waals surface area contributed by atoms with Crippen molar-refractivity contribution in [3.8, 4) is 22.6 Å². The summed E-state index contributed by atoms with van der Waals surface area (Å²) in [6, 6.07) is 16.8. The fourth-order valence-electron chi connectivity index (χ4n) is 2.54. The number of methoxy groups -OCH3 is 2. The number of hydrogen-bond donors (Lipinski definition) is 1. The maximum Gasteiger partial charge on any atom is 0.335 e. The Morgan fingerprint density at radius 3 is 2.17 bits per heavy atom. The van der Waals surface area contributed by atoms with Gasteiger partial charge in [0.25, 0.3) is 0 Å². The second-order valence-electron chi connectivity index (χ2n) is 5.18. The highest BCUT2D eigenvalue weighted by atomic mass is 16.5. The van der Waals surface area contributed by atoms with Gasteiger partial charge in [0.1, 0.15) is 11.5 Å². The van der Waals surface area contributed by atoms with Gasteiger partial charge in [-0.25, -0.2) is 4.79 Å². The first-order valence-corrected chi connectivity index (χ1v) is 7.11. The van der Waals surface area contributed by atoms with E-state index in [2.05, 4.69) is 0 Å². The van der Waals surface area contributed by atoms with Gasteiger partial charge < -0.3 is 14.6 Å². The van der Waals surface area contributed by atoms with Crippen LogP contribution < -0.4 is 9.47 Å². The summed E-state index contributed by atoms with van der Waals surface area (Å²) in [5.41, 5.74) is 1.94. The molecule has 3 rings (SSSR count). The monoisotopic (exact) mass is 308 g/mol. The molecule has 3 aromatic rings. The van der Waals surface area contributed by atoms with E-state index in [1.54, 1.807) is 13.2 Å².